The summed E-state index contributed by atoms with van der Waals surface area (Å²) < 4.78 is 13.2. The molecule has 1 amide bonds. The molecule has 3 heterocycles. The van der Waals surface area contributed by atoms with E-state index in [-0.39, 0.29) is 5.91 Å². The Balaban J connectivity index is 1.42. The number of amides is 1. The Kier molecular flexibility index (Phi) is 7.11. The molecule has 0 radical (unpaired) electrons. The summed E-state index contributed by atoms with van der Waals surface area (Å²) in [5.41, 5.74) is 3.76. The van der Waals surface area contributed by atoms with Crippen molar-refractivity contribution in [3.63, 3.8) is 0 Å². The predicted octanol–water partition coefficient (Wildman–Crippen LogP) is 4.52. The summed E-state index contributed by atoms with van der Waals surface area (Å²) in [4.78, 5) is 21.8. The van der Waals surface area contributed by atoms with Crippen LogP contribution in [-0.2, 0) is 18.3 Å². The van der Waals surface area contributed by atoms with Crippen LogP contribution in [0.25, 0.3) is 11.0 Å². The molecule has 1 saturated carbocycles. The summed E-state index contributed by atoms with van der Waals surface area (Å²) in [6, 6.07) is 3.70. The van der Waals surface area contributed by atoms with Gasteiger partial charge in [-0.1, -0.05) is 19.3 Å². The number of carbonyl (C=O) groups is 1. The quantitative estimate of drug-likeness (QED) is 0.541. The Morgan fingerprint density at radius 1 is 1.24 bits per heavy atom. The van der Waals surface area contributed by atoms with Crippen molar-refractivity contribution in [1.29, 1.82) is 0 Å². The van der Waals surface area contributed by atoms with E-state index in [4.69, 9.17) is 14.5 Å². The molecule has 8 heteroatoms. The first-order chi connectivity index (χ1) is 16.0. The van der Waals surface area contributed by atoms with E-state index in [1.165, 1.54) is 32.1 Å². The maximum absolute atomic E-state index is 12.8. The van der Waals surface area contributed by atoms with Gasteiger partial charge >= 0.3 is 0 Å². The lowest BCUT2D eigenvalue weighted by atomic mass is 9.90. The predicted molar refractivity (Wildman–Crippen MR) is 128 cm³/mol. The Bertz CT molecular complexity index is 1130. The minimum Gasteiger partial charge on any atom is -0.489 e. The fourth-order valence-corrected chi connectivity index (χ4v) is 4.70. The van der Waals surface area contributed by atoms with Crippen LogP contribution in [0.4, 0.5) is 5.82 Å². The maximum Gasteiger partial charge on any atom is 0.242 e. The van der Waals surface area contributed by atoms with Crippen LogP contribution in [0.5, 0.6) is 11.6 Å². The standard InChI is InChI=1S/C25H33N5O3/c1-16-19(17(2)27-24-22(16)25(32-4)29-30(24)3)12-13-21(31)28-23-20(11-8-14-26-23)33-15-18-9-6-5-7-10-18/h8,11,14,18H,5-7,9-10,12-13,15H2,1-4H3,(H,26,28,31). The number of fused-ring (bicyclic) bond motifs is 1. The smallest absolute Gasteiger partial charge is 0.242 e. The number of nitrogens with one attached hydrogen (secondary N) is 1. The Hall–Kier alpha value is -3.16. The summed E-state index contributed by atoms with van der Waals surface area (Å²) in [7, 11) is 3.46. The molecule has 1 aliphatic rings. The number of ether oxygens (including phenoxy) is 2. The molecule has 0 atom stereocenters. The van der Waals surface area contributed by atoms with Crippen molar-refractivity contribution >= 4 is 22.8 Å². The molecule has 1 N–H and O–H groups in total. The highest BCUT2D eigenvalue weighted by Crippen LogP contribution is 2.31. The van der Waals surface area contributed by atoms with Gasteiger partial charge in [-0.2, -0.15) is 0 Å². The highest BCUT2D eigenvalue weighted by atomic mass is 16.5. The lowest BCUT2D eigenvalue weighted by Gasteiger charge is -2.22. The van der Waals surface area contributed by atoms with Gasteiger partial charge in [0.25, 0.3) is 0 Å². The Morgan fingerprint density at radius 2 is 2.03 bits per heavy atom. The molecular formula is C25H33N5O3. The van der Waals surface area contributed by atoms with Gasteiger partial charge in [0, 0.05) is 25.4 Å². The minimum atomic E-state index is -0.103. The van der Waals surface area contributed by atoms with Crippen LogP contribution in [0.1, 0.15) is 55.3 Å². The van der Waals surface area contributed by atoms with E-state index in [9.17, 15) is 4.79 Å². The van der Waals surface area contributed by atoms with E-state index in [1.807, 2.05) is 33.0 Å². The topological polar surface area (TPSA) is 91.2 Å². The molecule has 0 aromatic carbocycles. The molecule has 1 aliphatic carbocycles. The monoisotopic (exact) mass is 451 g/mol. The van der Waals surface area contributed by atoms with Crippen LogP contribution in [0.2, 0.25) is 0 Å². The fraction of sp³-hybridized carbons (Fsp3) is 0.520. The number of nitrogens with zero attached hydrogens (tertiary/aromatic N) is 4. The average molecular weight is 452 g/mol. The molecule has 8 nitrogen and oxygen atoms in total. The summed E-state index contributed by atoms with van der Waals surface area (Å²) >= 11 is 0. The van der Waals surface area contributed by atoms with E-state index >= 15 is 0 Å². The molecule has 0 aliphatic heterocycles. The zero-order valence-corrected chi connectivity index (χ0v) is 20.0. The zero-order chi connectivity index (χ0) is 23.4. The maximum atomic E-state index is 12.8. The number of anilines is 1. The normalized spacial score (nSPS) is 14.4. The zero-order valence-electron chi connectivity index (χ0n) is 20.0. The van der Waals surface area contributed by atoms with E-state index < -0.39 is 0 Å². The lowest BCUT2D eigenvalue weighted by molar-refractivity contribution is -0.116. The number of rotatable bonds is 8. The van der Waals surface area contributed by atoms with Crippen molar-refractivity contribution in [2.24, 2.45) is 13.0 Å². The van der Waals surface area contributed by atoms with Crippen LogP contribution in [0, 0.1) is 19.8 Å². The largest absolute Gasteiger partial charge is 0.489 e. The first-order valence-corrected chi connectivity index (χ1v) is 11.7. The molecule has 0 saturated heterocycles. The molecule has 3 aromatic rings. The summed E-state index contributed by atoms with van der Waals surface area (Å²) in [6.07, 6.45) is 8.83. The SMILES string of the molecule is COc1nn(C)c2nc(C)c(CCC(=O)Nc3ncccc3OCC3CCCCC3)c(C)c12. The van der Waals surface area contributed by atoms with Gasteiger partial charge in [0.1, 0.15) is 0 Å². The number of aromatic nitrogens is 4. The molecule has 0 spiro atoms. The summed E-state index contributed by atoms with van der Waals surface area (Å²) in [5, 5.41) is 8.22. The fourth-order valence-electron chi connectivity index (χ4n) is 4.70. The lowest BCUT2D eigenvalue weighted by Crippen LogP contribution is -2.18. The van der Waals surface area contributed by atoms with Crippen LogP contribution >= 0.6 is 0 Å². The Labute approximate surface area is 194 Å². The number of carbonyl (C=O) groups excluding carboxylic acids is 1. The van der Waals surface area contributed by atoms with Crippen molar-refractivity contribution < 1.29 is 14.3 Å². The highest BCUT2D eigenvalue weighted by molar-refractivity contribution is 5.91. The first kappa shape index (κ1) is 23.0. The second kappa shape index (κ2) is 10.2. The third-order valence-corrected chi connectivity index (χ3v) is 6.55. The van der Waals surface area contributed by atoms with Crippen LogP contribution in [-0.4, -0.2) is 39.4 Å². The molecule has 1 fully saturated rings. The minimum absolute atomic E-state index is 0.103. The number of hydrogen-bond acceptors (Lipinski definition) is 6. The average Bonchev–Trinajstić information content (AvgIpc) is 3.14. The second-order valence-electron chi connectivity index (χ2n) is 8.85. The molecule has 3 aromatic heterocycles. The van der Waals surface area contributed by atoms with E-state index in [2.05, 4.69) is 15.4 Å². The van der Waals surface area contributed by atoms with Gasteiger partial charge in [0.05, 0.1) is 19.1 Å². The molecule has 4 rings (SSSR count). The van der Waals surface area contributed by atoms with E-state index in [0.717, 1.165) is 27.9 Å². The van der Waals surface area contributed by atoms with Gasteiger partial charge in [0.15, 0.2) is 17.2 Å². The number of hydrogen-bond donors (Lipinski definition) is 1. The van der Waals surface area contributed by atoms with Gasteiger partial charge in [-0.15, -0.1) is 5.10 Å². The summed E-state index contributed by atoms with van der Waals surface area (Å²) in [6.45, 7) is 4.67. The highest BCUT2D eigenvalue weighted by Gasteiger charge is 2.19. The van der Waals surface area contributed by atoms with Gasteiger partial charge in [-0.3, -0.25) is 4.79 Å². The second-order valence-corrected chi connectivity index (χ2v) is 8.85. The van der Waals surface area contributed by atoms with Crippen molar-refractivity contribution in [2.75, 3.05) is 19.0 Å². The number of methoxy groups -OCH3 is 1. The van der Waals surface area contributed by atoms with E-state index in [1.54, 1.807) is 18.0 Å². The van der Waals surface area contributed by atoms with Crippen LogP contribution in [0.15, 0.2) is 18.3 Å². The van der Waals surface area contributed by atoms with E-state index in [0.29, 0.717) is 42.8 Å². The molecular weight excluding hydrogens is 418 g/mol. The third kappa shape index (κ3) is 5.10. The first-order valence-electron chi connectivity index (χ1n) is 11.7. The number of aryl methyl sites for hydroxylation is 3. The van der Waals surface area contributed by atoms with Crippen molar-refractivity contribution in [3.8, 4) is 11.6 Å². The van der Waals surface area contributed by atoms with Crippen LogP contribution < -0.4 is 14.8 Å². The summed E-state index contributed by atoms with van der Waals surface area (Å²) in [5.74, 6) is 2.14. The van der Waals surface area contributed by atoms with Crippen molar-refractivity contribution in [3.05, 3.63) is 35.2 Å². The van der Waals surface area contributed by atoms with Gasteiger partial charge < -0.3 is 14.8 Å². The Morgan fingerprint density at radius 3 is 2.79 bits per heavy atom. The van der Waals surface area contributed by atoms with Gasteiger partial charge in [-0.05, 0) is 62.3 Å². The molecule has 176 valence electrons. The van der Waals surface area contributed by atoms with Crippen molar-refractivity contribution in [1.82, 2.24) is 19.7 Å². The van der Waals surface area contributed by atoms with Gasteiger partial charge in [-0.25, -0.2) is 14.6 Å². The van der Waals surface area contributed by atoms with Gasteiger partial charge in [0.2, 0.25) is 11.8 Å². The van der Waals surface area contributed by atoms with Crippen molar-refractivity contribution in [2.45, 2.75) is 58.8 Å². The third-order valence-electron chi connectivity index (χ3n) is 6.55. The molecule has 0 bridgehead atoms. The molecule has 0 unspecified atom stereocenters. The molecule has 33 heavy (non-hydrogen) atoms. The number of pyridine rings is 2. The van der Waals surface area contributed by atoms with Crippen LogP contribution in [0.3, 0.4) is 0 Å².